The Morgan fingerprint density at radius 2 is 0.667 bits per heavy atom. The first kappa shape index (κ1) is 47.3. The smallest absolute Gasteiger partial charge is 0.306 e. The van der Waals surface area contributed by atoms with E-state index in [9.17, 15) is 14.4 Å². The molecule has 33 heavy (non-hydrogen) atoms. The molecular weight excluding hydrogens is 658 g/mol. The zero-order chi connectivity index (χ0) is 23.9. The van der Waals surface area contributed by atoms with E-state index in [1.54, 1.807) is 0 Å². The topological polar surface area (TPSA) is 112 Å². The van der Waals surface area contributed by atoms with Crippen LogP contribution in [0.3, 0.4) is 0 Å². The van der Waals surface area contributed by atoms with Gasteiger partial charge < -0.3 is 15.3 Å². The average molecular weight is 706 g/mol. The molecule has 0 aliphatic carbocycles. The van der Waals surface area contributed by atoms with Gasteiger partial charge in [-0.15, -0.1) is 0 Å². The molecule has 0 aromatic heterocycles. The number of hydrogen-bond donors (Lipinski definition) is 3. The van der Waals surface area contributed by atoms with Gasteiger partial charge in [0, 0.05) is 78.6 Å². The Labute approximate surface area is 260 Å². The number of unbranched alkanes of at least 4 members (excludes halogenated alkanes) is 3. The van der Waals surface area contributed by atoms with Crippen molar-refractivity contribution in [3.8, 4) is 0 Å². The van der Waals surface area contributed by atoms with E-state index in [0.717, 1.165) is 77.0 Å². The molecule has 0 aliphatic rings. The minimum absolute atomic E-state index is 0. The second kappa shape index (κ2) is 35.2. The number of carboxylic acid groups (broad SMARTS) is 3. The summed E-state index contributed by atoms with van der Waals surface area (Å²) in [7, 11) is 0. The van der Waals surface area contributed by atoms with Crippen LogP contribution in [0.15, 0.2) is 0 Å². The Kier molecular flexibility index (Phi) is 50.5. The van der Waals surface area contributed by atoms with Crippen molar-refractivity contribution < 1.29 is 108 Å². The van der Waals surface area contributed by atoms with Gasteiger partial charge in [-0.1, -0.05) is 80.1 Å². The fraction of sp³-hybridized carbons (Fsp3) is 0.875. The molecule has 0 bridgehead atoms. The van der Waals surface area contributed by atoms with E-state index in [-0.39, 0.29) is 96.4 Å². The number of carbonyl (C=O) groups is 3. The summed E-state index contributed by atoms with van der Waals surface area (Å²) in [5.74, 6) is -2.26. The molecule has 0 saturated carbocycles. The summed E-state index contributed by atoms with van der Waals surface area (Å²) >= 11 is 0. The third-order valence-corrected chi connectivity index (χ3v) is 5.24. The normalized spacial score (nSPS) is 11.8. The van der Waals surface area contributed by atoms with Crippen molar-refractivity contribution in [1.29, 1.82) is 0 Å². The molecule has 0 aliphatic heterocycles. The molecule has 3 atom stereocenters. The zero-order valence-electron chi connectivity index (χ0n) is 21.8. The summed E-state index contributed by atoms with van der Waals surface area (Å²) in [4.78, 5) is 31.3. The van der Waals surface area contributed by atoms with Crippen molar-refractivity contribution in [2.75, 3.05) is 0 Å². The fourth-order valence-corrected chi connectivity index (χ4v) is 2.86. The van der Waals surface area contributed by atoms with Gasteiger partial charge in [-0.05, 0) is 38.5 Å². The van der Waals surface area contributed by atoms with Gasteiger partial charge in [0.1, 0.15) is 0 Å². The Hall–Kier alpha value is 1.06. The van der Waals surface area contributed by atoms with Crippen LogP contribution in [0, 0.1) is 17.8 Å². The fourth-order valence-electron chi connectivity index (χ4n) is 2.86. The molecule has 0 spiro atoms. The van der Waals surface area contributed by atoms with Gasteiger partial charge in [-0.3, -0.25) is 14.4 Å². The van der Waals surface area contributed by atoms with Crippen LogP contribution in [0.25, 0.3) is 0 Å². The standard InChI is InChI=1S/3C8H16O2.3Zr/c3*1-3-5-6-7(4-2)8(9)10;;;/h3*7H,3-6H2,1-2H3,(H,9,10);;;. The molecule has 0 saturated heterocycles. The molecule has 0 rings (SSSR count). The number of aliphatic carboxylic acids is 3. The van der Waals surface area contributed by atoms with Gasteiger partial charge in [0.15, 0.2) is 0 Å². The van der Waals surface area contributed by atoms with Crippen molar-refractivity contribution in [1.82, 2.24) is 0 Å². The minimum Gasteiger partial charge on any atom is -0.481 e. The number of carboxylic acids is 3. The minimum atomic E-state index is -0.643. The van der Waals surface area contributed by atoms with Gasteiger partial charge in [0.25, 0.3) is 0 Å². The van der Waals surface area contributed by atoms with E-state index in [0.29, 0.717) is 0 Å². The molecule has 0 radical (unpaired) electrons. The largest absolute Gasteiger partial charge is 0.481 e. The molecule has 9 heteroatoms. The molecule has 0 fully saturated rings. The van der Waals surface area contributed by atoms with Crippen molar-refractivity contribution in [3.63, 3.8) is 0 Å². The van der Waals surface area contributed by atoms with Gasteiger partial charge in [-0.2, -0.15) is 0 Å². The summed E-state index contributed by atoms with van der Waals surface area (Å²) in [6.07, 6.45) is 11.1. The predicted molar refractivity (Wildman–Crippen MR) is 123 cm³/mol. The van der Waals surface area contributed by atoms with Crippen LogP contribution in [0.5, 0.6) is 0 Å². The Balaban J connectivity index is -0.0000000792. The summed E-state index contributed by atoms with van der Waals surface area (Å²) in [5, 5.41) is 25.8. The SMILES string of the molecule is CCCCC(CC)C(=O)O.CCCCC(CC)C(=O)O.CCCCC(CC)C(=O)O.[Zr].[Zr].[Zr]. The molecule has 3 unspecified atom stereocenters. The van der Waals surface area contributed by atoms with Gasteiger partial charge in [0.05, 0.1) is 17.8 Å². The molecule has 0 amide bonds. The molecular formula is C24H48O6Zr3. The third-order valence-electron chi connectivity index (χ3n) is 5.24. The maximum Gasteiger partial charge on any atom is 0.306 e. The Bertz CT molecular complexity index is 375. The molecule has 3 N–H and O–H groups in total. The van der Waals surface area contributed by atoms with E-state index >= 15 is 0 Å². The predicted octanol–water partition coefficient (Wildman–Crippen LogP) is 6.85. The average Bonchev–Trinajstić information content (AvgIpc) is 2.70. The van der Waals surface area contributed by atoms with Gasteiger partial charge in [-0.25, -0.2) is 0 Å². The maximum absolute atomic E-state index is 10.4. The monoisotopic (exact) mass is 702 g/mol. The summed E-state index contributed by atoms with van der Waals surface area (Å²) < 4.78 is 0. The quantitative estimate of drug-likeness (QED) is 0.172. The number of hydrogen-bond acceptors (Lipinski definition) is 3. The first-order valence-electron chi connectivity index (χ1n) is 11.8. The van der Waals surface area contributed by atoms with Crippen LogP contribution in [0.1, 0.15) is 119 Å². The van der Waals surface area contributed by atoms with Crippen LogP contribution in [0.2, 0.25) is 0 Å². The van der Waals surface area contributed by atoms with E-state index in [1.165, 1.54) is 0 Å². The van der Waals surface area contributed by atoms with Crippen LogP contribution in [-0.4, -0.2) is 33.2 Å². The maximum atomic E-state index is 10.4. The van der Waals surface area contributed by atoms with Crippen molar-refractivity contribution in [2.45, 2.75) is 119 Å². The molecule has 192 valence electrons. The second-order valence-corrected chi connectivity index (χ2v) is 7.76. The van der Waals surface area contributed by atoms with Crippen molar-refractivity contribution in [2.24, 2.45) is 17.8 Å². The Morgan fingerprint density at radius 1 is 0.485 bits per heavy atom. The first-order chi connectivity index (χ1) is 14.2. The van der Waals surface area contributed by atoms with E-state index in [1.807, 2.05) is 20.8 Å². The zero-order valence-corrected chi connectivity index (χ0v) is 29.2. The second-order valence-electron chi connectivity index (χ2n) is 7.76. The molecule has 0 aromatic carbocycles. The molecule has 0 aromatic rings. The van der Waals surface area contributed by atoms with Gasteiger partial charge in [0.2, 0.25) is 0 Å². The molecule has 6 nitrogen and oxygen atoms in total. The number of rotatable bonds is 15. The van der Waals surface area contributed by atoms with Crippen LogP contribution >= 0.6 is 0 Å². The van der Waals surface area contributed by atoms with Crippen LogP contribution in [-0.2, 0) is 93.0 Å². The van der Waals surface area contributed by atoms with Crippen LogP contribution in [0.4, 0.5) is 0 Å². The van der Waals surface area contributed by atoms with E-state index in [2.05, 4.69) is 20.8 Å². The summed E-state index contributed by atoms with van der Waals surface area (Å²) in [6.45, 7) is 12.0. The van der Waals surface area contributed by atoms with Crippen molar-refractivity contribution >= 4 is 17.9 Å². The summed E-state index contributed by atoms with van der Waals surface area (Å²) in [6, 6.07) is 0. The third kappa shape index (κ3) is 33.1. The van der Waals surface area contributed by atoms with E-state index in [4.69, 9.17) is 15.3 Å². The van der Waals surface area contributed by atoms with Gasteiger partial charge >= 0.3 is 17.9 Å². The van der Waals surface area contributed by atoms with Crippen LogP contribution < -0.4 is 0 Å². The summed E-state index contributed by atoms with van der Waals surface area (Å²) in [5.41, 5.74) is 0. The van der Waals surface area contributed by atoms with Crippen molar-refractivity contribution in [3.05, 3.63) is 0 Å². The first-order valence-corrected chi connectivity index (χ1v) is 11.8. The van der Waals surface area contributed by atoms with E-state index < -0.39 is 17.9 Å². The molecule has 0 heterocycles. The Morgan fingerprint density at radius 3 is 0.758 bits per heavy atom.